The van der Waals surface area contributed by atoms with E-state index < -0.39 is 29.6 Å². The van der Waals surface area contributed by atoms with Gasteiger partial charge in [0.05, 0.1) is 0 Å². The van der Waals surface area contributed by atoms with E-state index in [1.54, 1.807) is 0 Å². The maximum Gasteiger partial charge on any atom is 0.331 e. The van der Waals surface area contributed by atoms with Gasteiger partial charge in [0.15, 0.2) is 6.04 Å². The van der Waals surface area contributed by atoms with Crippen LogP contribution in [0.5, 0.6) is 0 Å². The molecule has 2 rings (SSSR count). The molecule has 1 aromatic carbocycles. The minimum Gasteiger partial charge on any atom is -0.479 e. The smallest absolute Gasteiger partial charge is 0.331 e. The maximum atomic E-state index is 13.8. The number of carbonyl (C=O) groups excluding carboxylic acids is 1. The number of hydrogen-bond donors (Lipinski definition) is 2. The second-order valence-corrected chi connectivity index (χ2v) is 6.78. The van der Waals surface area contributed by atoms with Gasteiger partial charge in [0.25, 0.3) is 0 Å². The van der Waals surface area contributed by atoms with Crippen LogP contribution in [-0.2, 0) is 9.59 Å². The van der Waals surface area contributed by atoms with Crippen LogP contribution in [-0.4, -0.2) is 41.0 Å². The molecule has 0 aliphatic carbocycles. The number of nitrogens with one attached hydrogen (secondary N) is 1. The molecule has 0 radical (unpaired) electrons. The Labute approximate surface area is 146 Å². The third kappa shape index (κ3) is 5.22. The van der Waals surface area contributed by atoms with Crippen LogP contribution in [0.4, 0.5) is 8.78 Å². The van der Waals surface area contributed by atoms with Crippen LogP contribution in [0.15, 0.2) is 18.2 Å². The second-order valence-electron chi connectivity index (χ2n) is 6.78. The predicted octanol–water partition coefficient (Wildman–Crippen LogP) is 2.72. The average molecular weight is 354 g/mol. The fourth-order valence-electron chi connectivity index (χ4n) is 3.16. The highest BCUT2D eigenvalue weighted by molar-refractivity contribution is 5.84. The number of piperidine rings is 1. The van der Waals surface area contributed by atoms with Gasteiger partial charge in [-0.3, -0.25) is 4.79 Å². The molecule has 0 unspecified atom stereocenters. The molecule has 1 saturated heterocycles. The van der Waals surface area contributed by atoms with Crippen molar-refractivity contribution in [1.82, 2.24) is 10.2 Å². The van der Waals surface area contributed by atoms with E-state index in [4.69, 9.17) is 0 Å². The molecule has 1 atom stereocenters. The lowest BCUT2D eigenvalue weighted by molar-refractivity contribution is -0.142. The van der Waals surface area contributed by atoms with Crippen molar-refractivity contribution in [2.45, 2.75) is 45.2 Å². The quantitative estimate of drug-likeness (QED) is 0.824. The molecule has 25 heavy (non-hydrogen) atoms. The van der Waals surface area contributed by atoms with Gasteiger partial charge in [-0.15, -0.1) is 0 Å². The molecule has 0 aromatic heterocycles. The number of nitrogens with zero attached hydrogens (tertiary/aromatic N) is 1. The molecule has 5 nitrogen and oxygen atoms in total. The van der Waals surface area contributed by atoms with Crippen molar-refractivity contribution in [2.75, 3.05) is 13.1 Å². The van der Waals surface area contributed by atoms with E-state index in [1.165, 1.54) is 0 Å². The molecule has 7 heteroatoms. The lowest BCUT2D eigenvalue weighted by Crippen LogP contribution is -2.40. The fraction of sp³-hybridized carbons (Fsp3) is 0.556. The van der Waals surface area contributed by atoms with Gasteiger partial charge in [-0.2, -0.15) is 0 Å². The first-order valence-electron chi connectivity index (χ1n) is 8.49. The average Bonchev–Trinajstić information content (AvgIpc) is 2.55. The van der Waals surface area contributed by atoms with Crippen LogP contribution < -0.4 is 5.32 Å². The number of amides is 1. The first-order valence-corrected chi connectivity index (χ1v) is 8.49. The maximum absolute atomic E-state index is 13.8. The summed E-state index contributed by atoms with van der Waals surface area (Å²) >= 11 is 0. The normalized spacial score (nSPS) is 17.5. The van der Waals surface area contributed by atoms with E-state index >= 15 is 0 Å². The van der Waals surface area contributed by atoms with Crippen LogP contribution in [0, 0.1) is 17.6 Å². The number of rotatable bonds is 6. The third-order valence-electron chi connectivity index (χ3n) is 4.67. The summed E-state index contributed by atoms with van der Waals surface area (Å²) in [4.78, 5) is 25.9. The number of carbonyl (C=O) groups is 2. The molecule has 1 aromatic rings. The first kappa shape index (κ1) is 19.3. The molecule has 0 spiro atoms. The van der Waals surface area contributed by atoms with Gasteiger partial charge in [0.2, 0.25) is 5.91 Å². The SMILES string of the molecule is CC(C)N1CCC(CC(=O)N[C@H](C(=O)O)c2cc(F)ccc2F)CC1. The summed E-state index contributed by atoms with van der Waals surface area (Å²) in [5.41, 5.74) is -0.379. The van der Waals surface area contributed by atoms with Gasteiger partial charge < -0.3 is 15.3 Å². The monoisotopic (exact) mass is 354 g/mol. The second kappa shape index (κ2) is 8.38. The zero-order valence-electron chi connectivity index (χ0n) is 14.5. The van der Waals surface area contributed by atoms with E-state index in [-0.39, 0.29) is 17.9 Å². The number of carboxylic acids is 1. The van der Waals surface area contributed by atoms with Gasteiger partial charge in [0, 0.05) is 18.0 Å². The zero-order valence-corrected chi connectivity index (χ0v) is 14.5. The molecule has 0 saturated carbocycles. The largest absolute Gasteiger partial charge is 0.479 e. The van der Waals surface area contributed by atoms with Crippen molar-refractivity contribution in [3.8, 4) is 0 Å². The molecular formula is C18H24F2N2O3. The van der Waals surface area contributed by atoms with E-state index in [1.807, 2.05) is 0 Å². The summed E-state index contributed by atoms with van der Waals surface area (Å²) in [5, 5.41) is 11.6. The highest BCUT2D eigenvalue weighted by atomic mass is 19.1. The Morgan fingerprint density at radius 3 is 2.48 bits per heavy atom. The van der Waals surface area contributed by atoms with Crippen molar-refractivity contribution in [1.29, 1.82) is 0 Å². The zero-order chi connectivity index (χ0) is 18.6. The Hall–Kier alpha value is -2.02. The van der Waals surface area contributed by atoms with Gasteiger partial charge in [-0.1, -0.05) is 0 Å². The molecule has 1 amide bonds. The molecule has 1 aliphatic rings. The lowest BCUT2D eigenvalue weighted by Gasteiger charge is -2.34. The van der Waals surface area contributed by atoms with Crippen LogP contribution in [0.1, 0.15) is 44.7 Å². The van der Waals surface area contributed by atoms with E-state index in [0.717, 1.165) is 44.1 Å². The summed E-state index contributed by atoms with van der Waals surface area (Å²) in [6.07, 6.45) is 1.90. The van der Waals surface area contributed by atoms with E-state index in [2.05, 4.69) is 24.1 Å². The number of likely N-dealkylation sites (tertiary alicyclic amines) is 1. The Balaban J connectivity index is 1.97. The highest BCUT2D eigenvalue weighted by Crippen LogP contribution is 2.23. The standard InChI is InChI=1S/C18H24F2N2O3/c1-11(2)22-7-5-12(6-8-22)9-16(23)21-17(18(24)25)14-10-13(19)3-4-15(14)20/h3-4,10-12,17H,5-9H2,1-2H3,(H,21,23)(H,24,25)/t17-/m0/s1. The molecule has 0 bridgehead atoms. The van der Waals surface area contributed by atoms with Gasteiger partial charge in [0.1, 0.15) is 11.6 Å². The van der Waals surface area contributed by atoms with E-state index in [0.29, 0.717) is 6.04 Å². The molecule has 138 valence electrons. The third-order valence-corrected chi connectivity index (χ3v) is 4.67. The predicted molar refractivity (Wildman–Crippen MR) is 88.9 cm³/mol. The van der Waals surface area contributed by atoms with Crippen LogP contribution in [0.3, 0.4) is 0 Å². The van der Waals surface area contributed by atoms with Crippen molar-refractivity contribution in [3.05, 3.63) is 35.4 Å². The van der Waals surface area contributed by atoms with Crippen LogP contribution >= 0.6 is 0 Å². The summed E-state index contributed by atoms with van der Waals surface area (Å²) in [5.74, 6) is -3.33. The number of hydrogen-bond acceptors (Lipinski definition) is 3. The van der Waals surface area contributed by atoms with Crippen LogP contribution in [0.25, 0.3) is 0 Å². The summed E-state index contributed by atoms with van der Waals surface area (Å²) < 4.78 is 27.1. The Kier molecular flexibility index (Phi) is 6.47. The Morgan fingerprint density at radius 2 is 1.92 bits per heavy atom. The topological polar surface area (TPSA) is 69.6 Å². The Morgan fingerprint density at radius 1 is 1.28 bits per heavy atom. The number of aliphatic carboxylic acids is 1. The van der Waals surface area contributed by atoms with Crippen LogP contribution in [0.2, 0.25) is 0 Å². The van der Waals surface area contributed by atoms with Crippen molar-refractivity contribution in [2.24, 2.45) is 5.92 Å². The van der Waals surface area contributed by atoms with Gasteiger partial charge in [-0.05, 0) is 63.9 Å². The number of carboxylic acid groups (broad SMARTS) is 1. The van der Waals surface area contributed by atoms with Crippen molar-refractivity contribution in [3.63, 3.8) is 0 Å². The van der Waals surface area contributed by atoms with Crippen molar-refractivity contribution >= 4 is 11.9 Å². The number of benzene rings is 1. The molecular weight excluding hydrogens is 330 g/mol. The van der Waals surface area contributed by atoms with Crippen molar-refractivity contribution < 1.29 is 23.5 Å². The fourth-order valence-corrected chi connectivity index (χ4v) is 3.16. The summed E-state index contributed by atoms with van der Waals surface area (Å²) in [6, 6.07) is 1.42. The first-order chi connectivity index (χ1) is 11.8. The summed E-state index contributed by atoms with van der Waals surface area (Å²) in [6.45, 7) is 6.04. The highest BCUT2D eigenvalue weighted by Gasteiger charge is 2.28. The van der Waals surface area contributed by atoms with Gasteiger partial charge >= 0.3 is 5.97 Å². The molecule has 1 heterocycles. The minimum absolute atomic E-state index is 0.168. The summed E-state index contributed by atoms with van der Waals surface area (Å²) in [7, 11) is 0. The minimum atomic E-state index is -1.60. The number of halogens is 2. The Bertz CT molecular complexity index is 629. The lowest BCUT2D eigenvalue weighted by atomic mass is 9.92. The molecule has 1 fully saturated rings. The van der Waals surface area contributed by atoms with E-state index in [9.17, 15) is 23.5 Å². The molecule has 2 N–H and O–H groups in total. The van der Waals surface area contributed by atoms with Gasteiger partial charge in [-0.25, -0.2) is 13.6 Å². The molecule has 1 aliphatic heterocycles.